The number of ether oxygens (including phenoxy) is 1. The first-order valence-electron chi connectivity index (χ1n) is 6.09. The Morgan fingerprint density at radius 3 is 2.80 bits per heavy atom. The smallest absolute Gasteiger partial charge is 0.0634 e. The van der Waals surface area contributed by atoms with E-state index in [-0.39, 0.29) is 5.60 Å². The number of piperazine rings is 1. The molecule has 1 N–H and O–H groups in total. The summed E-state index contributed by atoms with van der Waals surface area (Å²) in [6, 6.07) is 0.714. The third-order valence-corrected chi connectivity index (χ3v) is 3.50. The SMILES string of the molecule is CCC1CNCCN1CCC(C)(C)OC. The number of methoxy groups -OCH3 is 1. The second-order valence-electron chi connectivity index (χ2n) is 5.02. The van der Waals surface area contributed by atoms with Gasteiger partial charge in [-0.25, -0.2) is 0 Å². The van der Waals surface area contributed by atoms with Gasteiger partial charge in [0.15, 0.2) is 0 Å². The summed E-state index contributed by atoms with van der Waals surface area (Å²) in [5, 5.41) is 3.45. The molecule has 90 valence electrons. The molecule has 1 aliphatic heterocycles. The summed E-state index contributed by atoms with van der Waals surface area (Å²) in [7, 11) is 1.80. The van der Waals surface area contributed by atoms with Crippen LogP contribution in [0.1, 0.15) is 33.6 Å². The van der Waals surface area contributed by atoms with Crippen LogP contribution < -0.4 is 5.32 Å². The second-order valence-corrected chi connectivity index (χ2v) is 5.02. The molecule has 0 aromatic rings. The minimum Gasteiger partial charge on any atom is -0.379 e. The molecule has 0 aliphatic carbocycles. The number of nitrogens with zero attached hydrogens (tertiary/aromatic N) is 1. The lowest BCUT2D eigenvalue weighted by molar-refractivity contribution is 0.00183. The van der Waals surface area contributed by atoms with E-state index in [1.54, 1.807) is 7.11 Å². The Morgan fingerprint density at radius 1 is 1.47 bits per heavy atom. The van der Waals surface area contributed by atoms with Crippen molar-refractivity contribution in [3.63, 3.8) is 0 Å². The van der Waals surface area contributed by atoms with Crippen LogP contribution in [-0.2, 0) is 4.74 Å². The Bertz CT molecular complexity index is 182. The molecule has 0 amide bonds. The molecule has 3 heteroatoms. The van der Waals surface area contributed by atoms with Crippen LogP contribution >= 0.6 is 0 Å². The van der Waals surface area contributed by atoms with Gasteiger partial charge in [0, 0.05) is 39.3 Å². The van der Waals surface area contributed by atoms with Crippen molar-refractivity contribution < 1.29 is 4.74 Å². The minimum atomic E-state index is 0.0170. The molecular formula is C12H26N2O. The van der Waals surface area contributed by atoms with Gasteiger partial charge in [-0.2, -0.15) is 0 Å². The first kappa shape index (κ1) is 12.9. The van der Waals surface area contributed by atoms with Crippen molar-refractivity contribution in [1.29, 1.82) is 0 Å². The zero-order valence-corrected chi connectivity index (χ0v) is 10.7. The van der Waals surface area contributed by atoms with E-state index < -0.39 is 0 Å². The van der Waals surface area contributed by atoms with E-state index >= 15 is 0 Å². The first-order chi connectivity index (χ1) is 7.09. The van der Waals surface area contributed by atoms with Crippen molar-refractivity contribution in [3.8, 4) is 0 Å². The van der Waals surface area contributed by atoms with Crippen molar-refractivity contribution in [1.82, 2.24) is 10.2 Å². The van der Waals surface area contributed by atoms with E-state index in [1.807, 2.05) is 0 Å². The molecule has 1 fully saturated rings. The minimum absolute atomic E-state index is 0.0170. The number of hydrogen-bond donors (Lipinski definition) is 1. The van der Waals surface area contributed by atoms with Gasteiger partial charge in [-0.15, -0.1) is 0 Å². The number of hydrogen-bond acceptors (Lipinski definition) is 3. The van der Waals surface area contributed by atoms with Gasteiger partial charge < -0.3 is 10.1 Å². The molecule has 3 nitrogen and oxygen atoms in total. The third-order valence-electron chi connectivity index (χ3n) is 3.50. The molecule has 1 rings (SSSR count). The van der Waals surface area contributed by atoms with Crippen LogP contribution in [0.2, 0.25) is 0 Å². The maximum absolute atomic E-state index is 5.46. The first-order valence-corrected chi connectivity index (χ1v) is 6.09. The average Bonchev–Trinajstić information content (AvgIpc) is 2.27. The van der Waals surface area contributed by atoms with Crippen LogP contribution in [0.3, 0.4) is 0 Å². The summed E-state index contributed by atoms with van der Waals surface area (Å²) in [5.41, 5.74) is 0.0170. The molecule has 1 heterocycles. The molecule has 0 aromatic carbocycles. The van der Waals surface area contributed by atoms with Crippen LogP contribution in [0.5, 0.6) is 0 Å². The maximum Gasteiger partial charge on any atom is 0.0634 e. The quantitative estimate of drug-likeness (QED) is 0.750. The average molecular weight is 214 g/mol. The van der Waals surface area contributed by atoms with E-state index in [1.165, 1.54) is 13.0 Å². The van der Waals surface area contributed by atoms with Crippen molar-refractivity contribution in [2.24, 2.45) is 0 Å². The zero-order valence-electron chi connectivity index (χ0n) is 10.7. The Morgan fingerprint density at radius 2 is 2.20 bits per heavy atom. The standard InChI is InChI=1S/C12H26N2O/c1-5-11-10-13-7-9-14(11)8-6-12(2,3)15-4/h11,13H,5-10H2,1-4H3. The Hall–Kier alpha value is -0.120. The second kappa shape index (κ2) is 5.83. The van der Waals surface area contributed by atoms with Crippen molar-refractivity contribution in [3.05, 3.63) is 0 Å². The predicted molar refractivity (Wildman–Crippen MR) is 64.2 cm³/mol. The van der Waals surface area contributed by atoms with Crippen LogP contribution in [0.4, 0.5) is 0 Å². The van der Waals surface area contributed by atoms with Gasteiger partial charge in [0.2, 0.25) is 0 Å². The zero-order chi connectivity index (χ0) is 11.3. The summed E-state index contributed by atoms with van der Waals surface area (Å²) in [4.78, 5) is 2.59. The summed E-state index contributed by atoms with van der Waals surface area (Å²) < 4.78 is 5.46. The Balaban J connectivity index is 2.35. The Labute approximate surface area is 94.2 Å². The molecular weight excluding hydrogens is 188 g/mol. The lowest BCUT2D eigenvalue weighted by Gasteiger charge is -2.37. The molecule has 0 aromatic heterocycles. The van der Waals surface area contributed by atoms with Crippen LogP contribution in [-0.4, -0.2) is 49.8 Å². The maximum atomic E-state index is 5.46. The van der Waals surface area contributed by atoms with Crippen molar-refractivity contribution in [2.45, 2.75) is 45.3 Å². The number of nitrogens with one attached hydrogen (secondary N) is 1. The van der Waals surface area contributed by atoms with Gasteiger partial charge in [0.25, 0.3) is 0 Å². The van der Waals surface area contributed by atoms with E-state index in [9.17, 15) is 0 Å². The van der Waals surface area contributed by atoms with E-state index in [4.69, 9.17) is 4.74 Å². The highest BCUT2D eigenvalue weighted by Crippen LogP contribution is 2.16. The summed E-state index contributed by atoms with van der Waals surface area (Å²) in [6.07, 6.45) is 2.35. The van der Waals surface area contributed by atoms with E-state index in [0.29, 0.717) is 6.04 Å². The van der Waals surface area contributed by atoms with E-state index in [0.717, 1.165) is 26.1 Å². The fourth-order valence-electron chi connectivity index (χ4n) is 2.01. The molecule has 0 spiro atoms. The highest BCUT2D eigenvalue weighted by atomic mass is 16.5. The lowest BCUT2D eigenvalue weighted by Crippen LogP contribution is -2.51. The molecule has 1 saturated heterocycles. The van der Waals surface area contributed by atoms with Gasteiger partial charge in [-0.3, -0.25) is 4.90 Å². The van der Waals surface area contributed by atoms with Crippen LogP contribution in [0.15, 0.2) is 0 Å². The van der Waals surface area contributed by atoms with Gasteiger partial charge in [0.05, 0.1) is 5.60 Å². The molecule has 1 aliphatic rings. The molecule has 1 unspecified atom stereocenters. The Kier molecular flexibility index (Phi) is 5.03. The molecule has 0 saturated carbocycles. The monoisotopic (exact) mass is 214 g/mol. The molecule has 1 atom stereocenters. The van der Waals surface area contributed by atoms with Gasteiger partial charge in [-0.1, -0.05) is 6.92 Å². The van der Waals surface area contributed by atoms with E-state index in [2.05, 4.69) is 31.0 Å². The van der Waals surface area contributed by atoms with Gasteiger partial charge >= 0.3 is 0 Å². The molecule has 15 heavy (non-hydrogen) atoms. The van der Waals surface area contributed by atoms with Gasteiger partial charge in [-0.05, 0) is 26.7 Å². The number of rotatable bonds is 5. The fourth-order valence-corrected chi connectivity index (χ4v) is 2.01. The summed E-state index contributed by atoms with van der Waals surface area (Å²) >= 11 is 0. The van der Waals surface area contributed by atoms with Crippen molar-refractivity contribution in [2.75, 3.05) is 33.3 Å². The van der Waals surface area contributed by atoms with Gasteiger partial charge in [0.1, 0.15) is 0 Å². The molecule has 0 bridgehead atoms. The van der Waals surface area contributed by atoms with Crippen molar-refractivity contribution >= 4 is 0 Å². The highest BCUT2D eigenvalue weighted by molar-refractivity contribution is 4.80. The largest absolute Gasteiger partial charge is 0.379 e. The third kappa shape index (κ3) is 4.09. The highest BCUT2D eigenvalue weighted by Gasteiger charge is 2.23. The lowest BCUT2D eigenvalue weighted by atomic mass is 10.0. The summed E-state index contributed by atoms with van der Waals surface area (Å²) in [5.74, 6) is 0. The predicted octanol–water partition coefficient (Wildman–Crippen LogP) is 1.49. The molecule has 0 radical (unpaired) electrons. The summed E-state index contributed by atoms with van der Waals surface area (Å²) in [6.45, 7) is 11.2. The van der Waals surface area contributed by atoms with Crippen LogP contribution in [0, 0.1) is 0 Å². The fraction of sp³-hybridized carbons (Fsp3) is 1.00. The normalized spacial score (nSPS) is 24.4. The van der Waals surface area contributed by atoms with Crippen LogP contribution in [0.25, 0.3) is 0 Å². The topological polar surface area (TPSA) is 24.5 Å².